The number of aliphatic hydroxyl groups excluding tert-OH is 2. The monoisotopic (exact) mass is 340 g/mol. The molecule has 1 aromatic rings. The molecule has 0 saturated heterocycles. The summed E-state index contributed by atoms with van der Waals surface area (Å²) in [6, 6.07) is 5.47. The Morgan fingerprint density at radius 3 is 2.17 bits per heavy atom. The van der Waals surface area contributed by atoms with Crippen LogP contribution in [0.3, 0.4) is 0 Å². The van der Waals surface area contributed by atoms with E-state index in [2.05, 4.69) is 0 Å². The second-order valence-electron chi connectivity index (χ2n) is 5.37. The van der Waals surface area contributed by atoms with Gasteiger partial charge in [-0.05, 0) is 25.1 Å². The van der Waals surface area contributed by atoms with Gasteiger partial charge in [-0.15, -0.1) is 0 Å². The van der Waals surface area contributed by atoms with Gasteiger partial charge in [0.25, 0.3) is 0 Å². The molecule has 8 heteroatoms. The molecule has 0 radical (unpaired) electrons. The van der Waals surface area contributed by atoms with E-state index in [1.807, 2.05) is 0 Å². The Bertz CT molecular complexity index is 818. The van der Waals surface area contributed by atoms with Crippen LogP contribution in [0.4, 0.5) is 0 Å². The van der Waals surface area contributed by atoms with Gasteiger partial charge < -0.3 is 20.4 Å². The minimum atomic E-state index is -4.59. The molecule has 2 atom stereocenters. The van der Waals surface area contributed by atoms with Crippen molar-refractivity contribution in [3.63, 3.8) is 0 Å². The SMILES string of the molecule is Cc1ccc(S(=O)(=O)C2(O)C(O)=C(O)C=C(C(=O)O)C2C)cc1. The number of carbonyl (C=O) groups is 1. The van der Waals surface area contributed by atoms with E-state index >= 15 is 0 Å². The van der Waals surface area contributed by atoms with Crippen molar-refractivity contribution < 1.29 is 33.6 Å². The average Bonchev–Trinajstić information content (AvgIpc) is 2.48. The highest BCUT2D eigenvalue weighted by Crippen LogP contribution is 2.43. The summed E-state index contributed by atoms with van der Waals surface area (Å²) in [6.45, 7) is 2.89. The van der Waals surface area contributed by atoms with Crippen molar-refractivity contribution in [2.75, 3.05) is 0 Å². The number of carboxylic acids is 1. The molecule has 23 heavy (non-hydrogen) atoms. The zero-order chi connectivity index (χ0) is 17.6. The van der Waals surface area contributed by atoms with Crippen LogP contribution in [0, 0.1) is 12.8 Å². The normalized spacial score (nSPS) is 25.2. The minimum Gasteiger partial charge on any atom is -0.505 e. The molecule has 124 valence electrons. The fraction of sp³-hybridized carbons (Fsp3) is 0.267. The van der Waals surface area contributed by atoms with E-state index in [1.54, 1.807) is 6.92 Å². The Kier molecular flexibility index (Phi) is 4.00. The average molecular weight is 340 g/mol. The van der Waals surface area contributed by atoms with Crippen LogP contribution in [0.15, 0.2) is 52.3 Å². The summed E-state index contributed by atoms with van der Waals surface area (Å²) in [5.41, 5.74) is 0.250. The smallest absolute Gasteiger partial charge is 0.332 e. The zero-order valence-electron chi connectivity index (χ0n) is 12.4. The number of aryl methyl sites for hydroxylation is 1. The fourth-order valence-electron chi connectivity index (χ4n) is 2.44. The number of rotatable bonds is 3. The highest BCUT2D eigenvalue weighted by molar-refractivity contribution is 7.92. The molecule has 0 amide bonds. The lowest BCUT2D eigenvalue weighted by molar-refractivity contribution is -0.134. The summed E-state index contributed by atoms with van der Waals surface area (Å²) in [5, 5.41) is 39.5. The summed E-state index contributed by atoms with van der Waals surface area (Å²) in [5.74, 6) is -5.20. The third-order valence-electron chi connectivity index (χ3n) is 3.92. The molecule has 0 fully saturated rings. The van der Waals surface area contributed by atoms with E-state index in [-0.39, 0.29) is 4.90 Å². The third kappa shape index (κ3) is 2.40. The maximum atomic E-state index is 12.8. The first-order valence-corrected chi connectivity index (χ1v) is 8.13. The van der Waals surface area contributed by atoms with Crippen LogP contribution in [-0.4, -0.2) is 39.7 Å². The molecule has 2 unspecified atom stereocenters. The van der Waals surface area contributed by atoms with Crippen LogP contribution in [0.2, 0.25) is 0 Å². The molecule has 0 bridgehead atoms. The molecule has 0 aliphatic heterocycles. The van der Waals surface area contributed by atoms with Crippen molar-refractivity contribution >= 4 is 15.8 Å². The standard InChI is InChI=1S/C15H16O7S/c1-8-3-5-10(6-4-8)23(21,22)15(20)9(2)11(14(18)19)7-12(16)13(15)17/h3-7,9,16-17,20H,1-2H3,(H,18,19). The van der Waals surface area contributed by atoms with Gasteiger partial charge in [-0.1, -0.05) is 24.6 Å². The highest BCUT2D eigenvalue weighted by atomic mass is 32.2. The summed E-state index contributed by atoms with van der Waals surface area (Å²) >= 11 is 0. The maximum Gasteiger partial charge on any atom is 0.332 e. The Morgan fingerprint density at radius 2 is 1.70 bits per heavy atom. The van der Waals surface area contributed by atoms with Crippen molar-refractivity contribution in [2.45, 2.75) is 23.7 Å². The predicted molar refractivity (Wildman–Crippen MR) is 80.5 cm³/mol. The predicted octanol–water partition coefficient (Wildman–Crippen LogP) is 1.45. The van der Waals surface area contributed by atoms with E-state index in [4.69, 9.17) is 5.11 Å². The molecule has 1 aliphatic carbocycles. The maximum absolute atomic E-state index is 12.8. The number of benzene rings is 1. The van der Waals surface area contributed by atoms with E-state index in [1.165, 1.54) is 24.3 Å². The van der Waals surface area contributed by atoms with Crippen molar-refractivity contribution in [1.29, 1.82) is 0 Å². The van der Waals surface area contributed by atoms with Gasteiger partial charge in [-0.25, -0.2) is 13.2 Å². The lowest BCUT2D eigenvalue weighted by Crippen LogP contribution is -2.50. The van der Waals surface area contributed by atoms with Gasteiger partial charge in [0, 0.05) is 11.5 Å². The molecule has 7 nitrogen and oxygen atoms in total. The number of carboxylic acid groups (broad SMARTS) is 1. The first-order chi connectivity index (χ1) is 10.5. The second kappa shape index (κ2) is 5.39. The lowest BCUT2D eigenvalue weighted by Gasteiger charge is -2.35. The van der Waals surface area contributed by atoms with Gasteiger partial charge >= 0.3 is 5.97 Å². The molecule has 0 aromatic heterocycles. The highest BCUT2D eigenvalue weighted by Gasteiger charge is 2.56. The van der Waals surface area contributed by atoms with Crippen LogP contribution >= 0.6 is 0 Å². The van der Waals surface area contributed by atoms with E-state index in [0.29, 0.717) is 0 Å². The van der Waals surface area contributed by atoms with Crippen molar-refractivity contribution in [3.8, 4) is 0 Å². The summed E-state index contributed by atoms with van der Waals surface area (Å²) < 4.78 is 25.6. The second-order valence-corrected chi connectivity index (χ2v) is 7.47. The van der Waals surface area contributed by atoms with E-state index in [9.17, 15) is 28.5 Å². The summed E-state index contributed by atoms with van der Waals surface area (Å²) in [7, 11) is -4.59. The van der Waals surface area contributed by atoms with E-state index in [0.717, 1.165) is 18.6 Å². The molecular formula is C15H16O7S. The first kappa shape index (κ1) is 17.0. The van der Waals surface area contributed by atoms with Crippen LogP contribution in [0.5, 0.6) is 0 Å². The molecule has 0 spiro atoms. The van der Waals surface area contributed by atoms with Gasteiger partial charge in [0.2, 0.25) is 14.8 Å². The fourth-order valence-corrected chi connectivity index (χ4v) is 4.25. The minimum absolute atomic E-state index is 0.302. The molecule has 0 saturated carbocycles. The van der Waals surface area contributed by atoms with Crippen molar-refractivity contribution in [3.05, 3.63) is 53.0 Å². The Balaban J connectivity index is 2.71. The topological polar surface area (TPSA) is 132 Å². The van der Waals surface area contributed by atoms with Gasteiger partial charge in [-0.2, -0.15) is 0 Å². The number of allylic oxidation sites excluding steroid dienone is 1. The summed E-state index contributed by atoms with van der Waals surface area (Å²) in [4.78, 5) is 7.94. The van der Waals surface area contributed by atoms with Crippen molar-refractivity contribution in [1.82, 2.24) is 0 Å². The third-order valence-corrected chi connectivity index (χ3v) is 6.17. The Hall–Kier alpha value is -2.32. The molecule has 1 aliphatic rings. The first-order valence-electron chi connectivity index (χ1n) is 6.64. The van der Waals surface area contributed by atoms with Gasteiger partial charge in [0.05, 0.1) is 4.90 Å². The van der Waals surface area contributed by atoms with Crippen LogP contribution in [-0.2, 0) is 14.6 Å². The number of hydrogen-bond acceptors (Lipinski definition) is 6. The Morgan fingerprint density at radius 1 is 1.17 bits per heavy atom. The largest absolute Gasteiger partial charge is 0.505 e. The molecular weight excluding hydrogens is 324 g/mol. The number of aliphatic hydroxyl groups is 3. The number of aliphatic carboxylic acids is 1. The quantitative estimate of drug-likeness (QED) is 0.654. The number of hydrogen-bond donors (Lipinski definition) is 4. The molecule has 1 aromatic carbocycles. The van der Waals surface area contributed by atoms with Gasteiger partial charge in [0.15, 0.2) is 11.5 Å². The zero-order valence-corrected chi connectivity index (χ0v) is 13.2. The van der Waals surface area contributed by atoms with Crippen molar-refractivity contribution in [2.24, 2.45) is 5.92 Å². The van der Waals surface area contributed by atoms with Crippen LogP contribution in [0.1, 0.15) is 12.5 Å². The van der Waals surface area contributed by atoms with E-state index < -0.39 is 43.7 Å². The number of sulfone groups is 1. The van der Waals surface area contributed by atoms with Gasteiger partial charge in [0.1, 0.15) is 0 Å². The molecule has 2 rings (SSSR count). The molecule has 4 N–H and O–H groups in total. The lowest BCUT2D eigenvalue weighted by atomic mass is 9.88. The Labute approximate surface area is 132 Å². The van der Waals surface area contributed by atoms with Crippen LogP contribution in [0.25, 0.3) is 0 Å². The van der Waals surface area contributed by atoms with Crippen LogP contribution < -0.4 is 0 Å². The van der Waals surface area contributed by atoms with Gasteiger partial charge in [-0.3, -0.25) is 0 Å². The molecule has 0 heterocycles. The summed E-state index contributed by atoms with van der Waals surface area (Å²) in [6.07, 6.45) is 0.724.